The van der Waals surface area contributed by atoms with Crippen LogP contribution in [0, 0.1) is 5.41 Å². The van der Waals surface area contributed by atoms with Crippen LogP contribution in [0.15, 0.2) is 24.3 Å². The smallest absolute Gasteiger partial charge is 0.311 e. The number of benzene rings is 1. The molecule has 0 amide bonds. The molecule has 0 aliphatic heterocycles. The van der Waals surface area contributed by atoms with Gasteiger partial charge < -0.3 is 4.74 Å². The maximum atomic E-state index is 14.1. The Balaban J connectivity index is 2.85. The standard InChI is InChI=1S/C19H28F4O/c1-7-16(3,4)15-11-9-14(10-12-15)13-24-19(22,23)18(20,21)17(5,6)8-2/h9-12H,7-8,13H2,1-6H3. The maximum Gasteiger partial charge on any atom is 0.420 e. The number of hydrogen-bond donors (Lipinski definition) is 0. The van der Waals surface area contributed by atoms with Gasteiger partial charge in [0.2, 0.25) is 0 Å². The molecule has 0 heterocycles. The lowest BCUT2D eigenvalue weighted by Crippen LogP contribution is -2.52. The first-order valence-corrected chi connectivity index (χ1v) is 8.29. The third-order valence-electron chi connectivity index (χ3n) is 5.14. The van der Waals surface area contributed by atoms with Gasteiger partial charge in [-0.1, -0.05) is 65.8 Å². The van der Waals surface area contributed by atoms with Crippen molar-refractivity contribution in [1.82, 2.24) is 0 Å². The summed E-state index contributed by atoms with van der Waals surface area (Å²) in [6.07, 6.45) is -3.67. The van der Waals surface area contributed by atoms with Gasteiger partial charge in [-0.3, -0.25) is 0 Å². The molecule has 24 heavy (non-hydrogen) atoms. The fourth-order valence-corrected chi connectivity index (χ4v) is 2.14. The SMILES string of the molecule is CCC(C)(C)c1ccc(COC(F)(F)C(F)(F)C(C)(C)CC)cc1. The fourth-order valence-electron chi connectivity index (χ4n) is 2.14. The van der Waals surface area contributed by atoms with E-state index in [0.29, 0.717) is 5.56 Å². The first kappa shape index (κ1) is 20.9. The minimum Gasteiger partial charge on any atom is -0.311 e. The highest BCUT2D eigenvalue weighted by molar-refractivity contribution is 5.27. The van der Waals surface area contributed by atoms with E-state index in [0.717, 1.165) is 25.8 Å². The predicted molar refractivity (Wildman–Crippen MR) is 88.5 cm³/mol. The Morgan fingerprint density at radius 3 is 1.75 bits per heavy atom. The van der Waals surface area contributed by atoms with Crippen molar-refractivity contribution < 1.29 is 22.3 Å². The summed E-state index contributed by atoms with van der Waals surface area (Å²) in [6, 6.07) is 6.95. The summed E-state index contributed by atoms with van der Waals surface area (Å²) < 4.78 is 60.3. The molecule has 0 aromatic heterocycles. The van der Waals surface area contributed by atoms with Crippen LogP contribution in [-0.4, -0.2) is 12.0 Å². The lowest BCUT2D eigenvalue weighted by atomic mass is 9.82. The maximum absolute atomic E-state index is 14.1. The molecule has 0 unspecified atom stereocenters. The summed E-state index contributed by atoms with van der Waals surface area (Å²) in [7, 11) is 0. The van der Waals surface area contributed by atoms with Crippen LogP contribution < -0.4 is 0 Å². The zero-order valence-corrected chi connectivity index (χ0v) is 15.4. The number of halogens is 4. The predicted octanol–water partition coefficient (Wildman–Crippen LogP) is 6.56. The Hall–Kier alpha value is -1.10. The van der Waals surface area contributed by atoms with Crippen molar-refractivity contribution >= 4 is 0 Å². The van der Waals surface area contributed by atoms with Gasteiger partial charge in [-0.15, -0.1) is 0 Å². The zero-order chi connectivity index (χ0) is 18.8. The summed E-state index contributed by atoms with van der Waals surface area (Å²) >= 11 is 0. The monoisotopic (exact) mass is 348 g/mol. The van der Waals surface area contributed by atoms with E-state index in [-0.39, 0.29) is 11.8 Å². The van der Waals surface area contributed by atoms with Crippen molar-refractivity contribution in [2.24, 2.45) is 5.41 Å². The highest BCUT2D eigenvalue weighted by Crippen LogP contribution is 2.49. The van der Waals surface area contributed by atoms with Gasteiger partial charge in [0.15, 0.2) is 0 Å². The van der Waals surface area contributed by atoms with Crippen LogP contribution in [0.1, 0.15) is 65.5 Å². The van der Waals surface area contributed by atoms with Gasteiger partial charge in [-0.25, -0.2) is 0 Å². The van der Waals surface area contributed by atoms with Gasteiger partial charge >= 0.3 is 12.0 Å². The Labute approximate surface area is 142 Å². The van der Waals surface area contributed by atoms with Crippen LogP contribution in [0.4, 0.5) is 17.6 Å². The average Bonchev–Trinajstić information content (AvgIpc) is 2.53. The van der Waals surface area contributed by atoms with E-state index in [1.807, 2.05) is 12.1 Å². The van der Waals surface area contributed by atoms with Crippen molar-refractivity contribution in [3.05, 3.63) is 35.4 Å². The topological polar surface area (TPSA) is 9.23 Å². The van der Waals surface area contributed by atoms with Gasteiger partial charge in [0.1, 0.15) is 0 Å². The second kappa shape index (κ2) is 7.03. The minimum absolute atomic E-state index is 0.0263. The van der Waals surface area contributed by atoms with E-state index in [1.54, 1.807) is 12.1 Å². The summed E-state index contributed by atoms with van der Waals surface area (Å²) in [5.74, 6) is -4.25. The van der Waals surface area contributed by atoms with E-state index in [2.05, 4.69) is 25.5 Å². The largest absolute Gasteiger partial charge is 0.420 e. The van der Waals surface area contributed by atoms with Crippen molar-refractivity contribution in [1.29, 1.82) is 0 Å². The third-order valence-corrected chi connectivity index (χ3v) is 5.14. The lowest BCUT2D eigenvalue weighted by molar-refractivity contribution is -0.379. The Bertz CT molecular complexity index is 533. The van der Waals surface area contributed by atoms with E-state index < -0.39 is 24.1 Å². The van der Waals surface area contributed by atoms with Crippen LogP contribution >= 0.6 is 0 Å². The summed E-state index contributed by atoms with van der Waals surface area (Å²) in [5, 5.41) is 0. The molecule has 0 fully saturated rings. The quantitative estimate of drug-likeness (QED) is 0.484. The number of alkyl halides is 4. The summed E-state index contributed by atoms with van der Waals surface area (Å²) in [5.41, 5.74) is -0.374. The van der Waals surface area contributed by atoms with Gasteiger partial charge in [-0.05, 0) is 29.4 Å². The van der Waals surface area contributed by atoms with Gasteiger partial charge in [-0.2, -0.15) is 17.6 Å². The first-order valence-electron chi connectivity index (χ1n) is 8.29. The lowest BCUT2D eigenvalue weighted by Gasteiger charge is -2.37. The molecule has 1 nitrogen and oxygen atoms in total. The van der Waals surface area contributed by atoms with Crippen molar-refractivity contribution in [2.75, 3.05) is 0 Å². The molecule has 0 saturated carbocycles. The Morgan fingerprint density at radius 1 is 0.833 bits per heavy atom. The van der Waals surface area contributed by atoms with E-state index in [4.69, 9.17) is 0 Å². The van der Waals surface area contributed by atoms with Crippen molar-refractivity contribution in [2.45, 2.75) is 78.4 Å². The third kappa shape index (κ3) is 4.11. The molecule has 0 atom stereocenters. The molecule has 1 aromatic rings. The van der Waals surface area contributed by atoms with E-state index >= 15 is 0 Å². The molecule has 0 bridgehead atoms. The second-order valence-corrected chi connectivity index (χ2v) is 7.55. The molecule has 0 N–H and O–H groups in total. The zero-order valence-electron chi connectivity index (χ0n) is 15.4. The van der Waals surface area contributed by atoms with Crippen LogP contribution in [0.2, 0.25) is 0 Å². The minimum atomic E-state index is -4.52. The van der Waals surface area contributed by atoms with E-state index in [1.165, 1.54) is 6.92 Å². The van der Waals surface area contributed by atoms with Crippen LogP contribution in [0.25, 0.3) is 0 Å². The summed E-state index contributed by atoms with van der Waals surface area (Å²) in [4.78, 5) is 0. The number of hydrogen-bond acceptors (Lipinski definition) is 1. The highest BCUT2D eigenvalue weighted by Gasteiger charge is 2.65. The molecular weight excluding hydrogens is 320 g/mol. The molecule has 1 aromatic carbocycles. The van der Waals surface area contributed by atoms with Gasteiger partial charge in [0, 0.05) is 5.41 Å². The Morgan fingerprint density at radius 2 is 1.33 bits per heavy atom. The second-order valence-electron chi connectivity index (χ2n) is 7.55. The van der Waals surface area contributed by atoms with Crippen LogP contribution in [0.3, 0.4) is 0 Å². The van der Waals surface area contributed by atoms with E-state index in [9.17, 15) is 17.6 Å². The fraction of sp³-hybridized carbons (Fsp3) is 0.684. The van der Waals surface area contributed by atoms with Crippen LogP contribution in [0.5, 0.6) is 0 Å². The molecule has 0 radical (unpaired) electrons. The normalized spacial score (nSPS) is 14.1. The molecule has 5 heteroatoms. The average molecular weight is 348 g/mol. The van der Waals surface area contributed by atoms with Crippen molar-refractivity contribution in [3.8, 4) is 0 Å². The first-order chi connectivity index (χ1) is 10.8. The molecule has 0 aliphatic rings. The molecule has 0 spiro atoms. The number of rotatable bonds is 8. The number of ether oxygens (including phenoxy) is 1. The summed E-state index contributed by atoms with van der Waals surface area (Å²) in [6.45, 7) is 9.36. The molecule has 0 saturated heterocycles. The van der Waals surface area contributed by atoms with Gasteiger partial charge in [0.05, 0.1) is 6.61 Å². The molecule has 1 rings (SSSR count). The Kier molecular flexibility index (Phi) is 6.13. The molecule has 0 aliphatic carbocycles. The van der Waals surface area contributed by atoms with Crippen LogP contribution in [-0.2, 0) is 16.8 Å². The highest BCUT2D eigenvalue weighted by atomic mass is 19.3. The molecule has 138 valence electrons. The van der Waals surface area contributed by atoms with Gasteiger partial charge in [0.25, 0.3) is 0 Å². The van der Waals surface area contributed by atoms with Crippen molar-refractivity contribution in [3.63, 3.8) is 0 Å². The molecular formula is C19H28F4O.